The van der Waals surface area contributed by atoms with Gasteiger partial charge in [-0.1, -0.05) is 55.0 Å². The van der Waals surface area contributed by atoms with Crippen LogP contribution in [-0.4, -0.2) is 41.9 Å². The van der Waals surface area contributed by atoms with Gasteiger partial charge in [0.1, 0.15) is 5.75 Å². The summed E-state index contributed by atoms with van der Waals surface area (Å²) in [6.07, 6.45) is 1.75. The molecule has 1 saturated heterocycles. The molecule has 5 heteroatoms. The van der Waals surface area contributed by atoms with E-state index in [-0.39, 0.29) is 23.8 Å². The first kappa shape index (κ1) is 21.9. The quantitative estimate of drug-likeness (QED) is 0.752. The summed E-state index contributed by atoms with van der Waals surface area (Å²) < 4.78 is 5.75. The second-order valence-corrected chi connectivity index (χ2v) is 8.05. The first-order valence-electron chi connectivity index (χ1n) is 10.9. The van der Waals surface area contributed by atoms with Crippen molar-refractivity contribution < 1.29 is 14.3 Å². The predicted molar refractivity (Wildman–Crippen MR) is 118 cm³/mol. The lowest BCUT2D eigenvalue weighted by atomic mass is 9.93. The van der Waals surface area contributed by atoms with Crippen LogP contribution in [-0.2, 0) is 9.59 Å². The number of carbonyl (C=O) groups excluding carboxylic acids is 2. The molecule has 0 aliphatic carbocycles. The molecule has 30 heavy (non-hydrogen) atoms. The summed E-state index contributed by atoms with van der Waals surface area (Å²) in [7, 11) is 0. The highest BCUT2D eigenvalue weighted by Gasteiger charge is 2.29. The normalized spacial score (nSPS) is 16.6. The standard InChI is InChI=1S/C25H32N2O3/c1-4-23(20-8-6-5-7-9-20)25(29)27-16-14-21(15-17-27)26-24(28)19(3)30-22-12-10-18(2)11-13-22/h5-13,19,21,23H,4,14-17H2,1-3H3,(H,26,28). The Morgan fingerprint density at radius 2 is 1.70 bits per heavy atom. The second-order valence-electron chi connectivity index (χ2n) is 8.05. The van der Waals surface area contributed by atoms with Crippen LogP contribution in [0.2, 0.25) is 0 Å². The van der Waals surface area contributed by atoms with Crippen LogP contribution in [0.5, 0.6) is 5.75 Å². The zero-order valence-electron chi connectivity index (χ0n) is 18.1. The minimum absolute atomic E-state index is 0.0717. The zero-order valence-corrected chi connectivity index (χ0v) is 18.1. The molecule has 1 heterocycles. The third-order valence-electron chi connectivity index (χ3n) is 5.76. The molecule has 0 saturated carbocycles. The number of piperidine rings is 1. The van der Waals surface area contributed by atoms with E-state index in [1.165, 1.54) is 0 Å². The van der Waals surface area contributed by atoms with Crippen molar-refractivity contribution in [2.24, 2.45) is 0 Å². The van der Waals surface area contributed by atoms with Gasteiger partial charge in [0.05, 0.1) is 5.92 Å². The van der Waals surface area contributed by atoms with Crippen molar-refractivity contribution in [3.63, 3.8) is 0 Å². The van der Waals surface area contributed by atoms with Gasteiger partial charge in [0.25, 0.3) is 5.91 Å². The molecule has 1 fully saturated rings. The Kier molecular flexibility index (Phi) is 7.50. The van der Waals surface area contributed by atoms with Gasteiger partial charge in [0.15, 0.2) is 6.10 Å². The van der Waals surface area contributed by atoms with Crippen LogP contribution in [0.4, 0.5) is 0 Å². The molecule has 5 nitrogen and oxygen atoms in total. The molecule has 0 radical (unpaired) electrons. The average Bonchev–Trinajstić information content (AvgIpc) is 2.77. The van der Waals surface area contributed by atoms with E-state index in [0.717, 1.165) is 30.4 Å². The number of nitrogens with zero attached hydrogens (tertiary/aromatic N) is 1. The van der Waals surface area contributed by atoms with E-state index in [4.69, 9.17) is 4.74 Å². The van der Waals surface area contributed by atoms with Gasteiger partial charge in [-0.2, -0.15) is 0 Å². The lowest BCUT2D eigenvalue weighted by molar-refractivity contribution is -0.134. The van der Waals surface area contributed by atoms with Gasteiger partial charge in [-0.25, -0.2) is 0 Å². The molecule has 0 aromatic heterocycles. The Labute approximate surface area is 179 Å². The van der Waals surface area contributed by atoms with Crippen molar-refractivity contribution in [3.05, 3.63) is 65.7 Å². The van der Waals surface area contributed by atoms with Crippen LogP contribution >= 0.6 is 0 Å². The predicted octanol–water partition coefficient (Wildman–Crippen LogP) is 4.06. The molecule has 2 aromatic rings. The third kappa shape index (κ3) is 5.62. The molecule has 3 rings (SSSR count). The fourth-order valence-electron chi connectivity index (χ4n) is 3.90. The van der Waals surface area contributed by atoms with Gasteiger partial charge in [0, 0.05) is 19.1 Å². The highest BCUT2D eigenvalue weighted by Crippen LogP contribution is 2.24. The van der Waals surface area contributed by atoms with Gasteiger partial charge in [0.2, 0.25) is 5.91 Å². The lowest BCUT2D eigenvalue weighted by Gasteiger charge is -2.35. The van der Waals surface area contributed by atoms with Crippen LogP contribution in [0.3, 0.4) is 0 Å². The number of likely N-dealkylation sites (tertiary alicyclic amines) is 1. The third-order valence-corrected chi connectivity index (χ3v) is 5.76. The van der Waals surface area contributed by atoms with Crippen LogP contribution in [0, 0.1) is 6.92 Å². The summed E-state index contributed by atoms with van der Waals surface area (Å²) in [5, 5.41) is 3.08. The molecule has 1 aliphatic rings. The molecular weight excluding hydrogens is 376 g/mol. The van der Waals surface area contributed by atoms with Gasteiger partial charge in [-0.15, -0.1) is 0 Å². The maximum absolute atomic E-state index is 13.0. The van der Waals surface area contributed by atoms with Crippen LogP contribution in [0.15, 0.2) is 54.6 Å². The number of rotatable bonds is 7. The fourth-order valence-corrected chi connectivity index (χ4v) is 3.90. The molecule has 0 bridgehead atoms. The Hall–Kier alpha value is -2.82. The molecule has 1 aliphatic heterocycles. The average molecular weight is 409 g/mol. The van der Waals surface area contributed by atoms with Gasteiger partial charge < -0.3 is 15.0 Å². The smallest absolute Gasteiger partial charge is 0.260 e. The lowest BCUT2D eigenvalue weighted by Crippen LogP contribution is -2.50. The number of aryl methyl sites for hydroxylation is 1. The maximum Gasteiger partial charge on any atom is 0.260 e. The number of benzene rings is 2. The Balaban J connectivity index is 1.48. The SMILES string of the molecule is CCC(C(=O)N1CCC(NC(=O)C(C)Oc2ccc(C)cc2)CC1)c1ccccc1. The van der Waals surface area contributed by atoms with Crippen LogP contribution in [0.1, 0.15) is 50.2 Å². The minimum atomic E-state index is -0.560. The molecule has 160 valence electrons. The number of nitrogens with one attached hydrogen (secondary N) is 1. The molecule has 2 atom stereocenters. The van der Waals surface area contributed by atoms with E-state index < -0.39 is 6.10 Å². The van der Waals surface area contributed by atoms with E-state index in [9.17, 15) is 9.59 Å². The monoisotopic (exact) mass is 408 g/mol. The van der Waals surface area contributed by atoms with E-state index >= 15 is 0 Å². The van der Waals surface area contributed by atoms with Gasteiger partial charge in [-0.05, 0) is 50.8 Å². The topological polar surface area (TPSA) is 58.6 Å². The molecule has 1 N–H and O–H groups in total. The van der Waals surface area contributed by atoms with Crippen molar-refractivity contribution in [1.82, 2.24) is 10.2 Å². The van der Waals surface area contributed by atoms with E-state index in [1.807, 2.05) is 66.4 Å². The number of ether oxygens (including phenoxy) is 1. The van der Waals surface area contributed by atoms with Crippen molar-refractivity contribution in [2.75, 3.05) is 13.1 Å². The van der Waals surface area contributed by atoms with Gasteiger partial charge in [-0.3, -0.25) is 9.59 Å². The number of amides is 2. The van der Waals surface area contributed by atoms with Crippen molar-refractivity contribution in [2.45, 2.75) is 58.1 Å². The van der Waals surface area contributed by atoms with Crippen LogP contribution < -0.4 is 10.1 Å². The Morgan fingerprint density at radius 3 is 2.30 bits per heavy atom. The van der Waals surface area contributed by atoms with Crippen molar-refractivity contribution >= 4 is 11.8 Å². The minimum Gasteiger partial charge on any atom is -0.481 e. The van der Waals surface area contributed by atoms with Gasteiger partial charge >= 0.3 is 0 Å². The molecule has 2 aromatic carbocycles. The van der Waals surface area contributed by atoms with E-state index in [1.54, 1.807) is 6.92 Å². The highest BCUT2D eigenvalue weighted by atomic mass is 16.5. The number of hydrogen-bond donors (Lipinski definition) is 1. The summed E-state index contributed by atoms with van der Waals surface area (Å²) >= 11 is 0. The highest BCUT2D eigenvalue weighted by molar-refractivity contribution is 5.84. The molecular formula is C25H32N2O3. The molecule has 2 amide bonds. The van der Waals surface area contributed by atoms with Crippen molar-refractivity contribution in [3.8, 4) is 5.75 Å². The maximum atomic E-state index is 13.0. The first-order valence-corrected chi connectivity index (χ1v) is 10.9. The largest absolute Gasteiger partial charge is 0.481 e. The van der Waals surface area contributed by atoms with Crippen LogP contribution in [0.25, 0.3) is 0 Å². The fraction of sp³-hybridized carbons (Fsp3) is 0.440. The summed E-state index contributed by atoms with van der Waals surface area (Å²) in [5.41, 5.74) is 2.22. The zero-order chi connectivity index (χ0) is 21.5. The number of hydrogen-bond acceptors (Lipinski definition) is 3. The Bertz CT molecular complexity index is 827. The summed E-state index contributed by atoms with van der Waals surface area (Å²) in [6.45, 7) is 7.16. The van der Waals surface area contributed by atoms with E-state index in [0.29, 0.717) is 18.8 Å². The summed E-state index contributed by atoms with van der Waals surface area (Å²) in [5.74, 6) is 0.663. The van der Waals surface area contributed by atoms with Crippen molar-refractivity contribution in [1.29, 1.82) is 0 Å². The molecule has 2 unspecified atom stereocenters. The van der Waals surface area contributed by atoms with E-state index in [2.05, 4.69) is 12.2 Å². The summed E-state index contributed by atoms with van der Waals surface area (Å²) in [6, 6.07) is 17.7. The Morgan fingerprint density at radius 1 is 1.07 bits per heavy atom. The molecule has 0 spiro atoms. The number of carbonyl (C=O) groups is 2. The second kappa shape index (κ2) is 10.3. The first-order chi connectivity index (χ1) is 14.5. The summed E-state index contributed by atoms with van der Waals surface area (Å²) in [4.78, 5) is 27.5.